The Morgan fingerprint density at radius 2 is 1.90 bits per heavy atom. The molecule has 0 aliphatic carbocycles. The van der Waals surface area contributed by atoms with E-state index in [0.717, 1.165) is 34.2 Å². The van der Waals surface area contributed by atoms with Crippen LogP contribution in [0.15, 0.2) is 65.1 Å². The number of hydrogen-bond donors (Lipinski definition) is 1. The highest BCUT2D eigenvalue weighted by Crippen LogP contribution is 2.29. The molecule has 0 bridgehead atoms. The molecule has 5 heteroatoms. The van der Waals surface area contributed by atoms with Crippen LogP contribution in [-0.2, 0) is 0 Å². The molecule has 1 N–H and O–H groups in total. The summed E-state index contributed by atoms with van der Waals surface area (Å²) in [7, 11) is 0. The Labute approximate surface area is 175 Å². The van der Waals surface area contributed by atoms with Crippen LogP contribution in [0.1, 0.15) is 34.8 Å². The van der Waals surface area contributed by atoms with E-state index in [1.54, 1.807) is 12.1 Å². The van der Waals surface area contributed by atoms with Crippen molar-refractivity contribution in [2.45, 2.75) is 27.2 Å². The molecule has 0 aliphatic rings. The van der Waals surface area contributed by atoms with E-state index in [-0.39, 0.29) is 5.91 Å². The Morgan fingerprint density at radius 1 is 1.07 bits per heavy atom. The van der Waals surface area contributed by atoms with Gasteiger partial charge < -0.3 is 14.5 Å². The molecule has 4 aromatic rings. The summed E-state index contributed by atoms with van der Waals surface area (Å²) < 4.78 is 11.6. The highest BCUT2D eigenvalue weighted by molar-refractivity contribution is 6.04. The first-order valence-electron chi connectivity index (χ1n) is 10.1. The molecule has 5 nitrogen and oxygen atoms in total. The Balaban J connectivity index is 1.57. The third kappa shape index (κ3) is 4.20. The fourth-order valence-electron chi connectivity index (χ4n) is 3.38. The number of rotatable bonds is 6. The van der Waals surface area contributed by atoms with Gasteiger partial charge in [0.25, 0.3) is 5.91 Å². The van der Waals surface area contributed by atoms with Gasteiger partial charge in [0.15, 0.2) is 5.58 Å². The summed E-state index contributed by atoms with van der Waals surface area (Å²) in [6, 6.07) is 18.8. The van der Waals surface area contributed by atoms with Gasteiger partial charge >= 0.3 is 0 Å². The molecule has 3 aromatic carbocycles. The van der Waals surface area contributed by atoms with Gasteiger partial charge in [0.05, 0.1) is 6.61 Å². The van der Waals surface area contributed by atoms with Crippen LogP contribution in [0.5, 0.6) is 5.75 Å². The average molecular weight is 400 g/mol. The number of carbonyl (C=O) groups is 1. The molecule has 0 fully saturated rings. The SMILES string of the molecule is CCCOc1cccc(C(=O)Nc2cccc(-c3nc4cc(C)cc(C)c4o3)c2)c1. The first-order valence-corrected chi connectivity index (χ1v) is 10.1. The van der Waals surface area contributed by atoms with E-state index in [4.69, 9.17) is 9.15 Å². The van der Waals surface area contributed by atoms with E-state index in [0.29, 0.717) is 29.5 Å². The number of ether oxygens (including phenoxy) is 1. The summed E-state index contributed by atoms with van der Waals surface area (Å²) in [5, 5.41) is 2.94. The summed E-state index contributed by atoms with van der Waals surface area (Å²) in [6.07, 6.45) is 0.915. The summed E-state index contributed by atoms with van der Waals surface area (Å²) in [5.74, 6) is 1.03. The van der Waals surface area contributed by atoms with Crippen molar-refractivity contribution >= 4 is 22.7 Å². The van der Waals surface area contributed by atoms with Gasteiger partial charge in [0, 0.05) is 16.8 Å². The molecule has 30 heavy (non-hydrogen) atoms. The second kappa shape index (κ2) is 8.41. The van der Waals surface area contributed by atoms with Gasteiger partial charge in [-0.05, 0) is 73.9 Å². The fraction of sp³-hybridized carbons (Fsp3) is 0.200. The predicted molar refractivity (Wildman–Crippen MR) is 119 cm³/mol. The molecular formula is C25H24N2O3. The number of amides is 1. The second-order valence-corrected chi connectivity index (χ2v) is 7.36. The van der Waals surface area contributed by atoms with Crippen LogP contribution in [0.3, 0.4) is 0 Å². The Bertz CT molecular complexity index is 1210. The summed E-state index contributed by atoms with van der Waals surface area (Å²) in [5.41, 5.74) is 5.84. The van der Waals surface area contributed by atoms with Crippen LogP contribution in [-0.4, -0.2) is 17.5 Å². The van der Waals surface area contributed by atoms with E-state index < -0.39 is 0 Å². The van der Waals surface area contributed by atoms with Crippen LogP contribution in [0, 0.1) is 13.8 Å². The van der Waals surface area contributed by atoms with Crippen molar-refractivity contribution in [3.05, 3.63) is 77.4 Å². The predicted octanol–water partition coefficient (Wildman–Crippen LogP) is 6.15. The van der Waals surface area contributed by atoms with E-state index in [1.165, 1.54) is 0 Å². The lowest BCUT2D eigenvalue weighted by molar-refractivity contribution is 0.102. The molecule has 0 saturated heterocycles. The topological polar surface area (TPSA) is 64.4 Å². The molecule has 0 spiro atoms. The lowest BCUT2D eigenvalue weighted by Crippen LogP contribution is -2.12. The minimum Gasteiger partial charge on any atom is -0.494 e. The number of benzene rings is 3. The van der Waals surface area contributed by atoms with Crippen molar-refractivity contribution in [1.82, 2.24) is 4.98 Å². The average Bonchev–Trinajstić information content (AvgIpc) is 3.17. The van der Waals surface area contributed by atoms with E-state index >= 15 is 0 Å². The largest absolute Gasteiger partial charge is 0.494 e. The molecule has 0 atom stereocenters. The van der Waals surface area contributed by atoms with E-state index in [1.807, 2.05) is 63.2 Å². The quantitative estimate of drug-likeness (QED) is 0.421. The highest BCUT2D eigenvalue weighted by Gasteiger charge is 2.13. The van der Waals surface area contributed by atoms with Gasteiger partial charge in [-0.15, -0.1) is 0 Å². The van der Waals surface area contributed by atoms with Crippen molar-refractivity contribution in [3.8, 4) is 17.2 Å². The van der Waals surface area contributed by atoms with Gasteiger partial charge in [-0.3, -0.25) is 4.79 Å². The number of hydrogen-bond acceptors (Lipinski definition) is 4. The number of nitrogens with zero attached hydrogens (tertiary/aromatic N) is 1. The number of carbonyl (C=O) groups excluding carboxylic acids is 1. The second-order valence-electron chi connectivity index (χ2n) is 7.36. The van der Waals surface area contributed by atoms with E-state index in [2.05, 4.69) is 16.4 Å². The lowest BCUT2D eigenvalue weighted by atomic mass is 10.1. The van der Waals surface area contributed by atoms with Crippen LogP contribution in [0.25, 0.3) is 22.6 Å². The molecular weight excluding hydrogens is 376 g/mol. The zero-order valence-electron chi connectivity index (χ0n) is 17.4. The van der Waals surface area contributed by atoms with Crippen molar-refractivity contribution in [2.24, 2.45) is 0 Å². The maximum atomic E-state index is 12.7. The molecule has 1 aromatic heterocycles. The Kier molecular flexibility index (Phi) is 5.53. The standard InChI is InChI=1S/C25H24N2O3/c1-4-11-29-21-10-6-7-18(15-21)24(28)26-20-9-5-8-19(14-20)25-27-22-13-16(2)12-17(3)23(22)30-25/h5-10,12-15H,4,11H2,1-3H3,(H,26,28). The minimum absolute atomic E-state index is 0.196. The first-order chi connectivity index (χ1) is 14.5. The highest BCUT2D eigenvalue weighted by atomic mass is 16.5. The van der Waals surface area contributed by atoms with Gasteiger partial charge in [0.1, 0.15) is 11.3 Å². The zero-order chi connectivity index (χ0) is 21.1. The summed E-state index contributed by atoms with van der Waals surface area (Å²) in [6.45, 7) is 6.72. The normalized spacial score (nSPS) is 10.9. The van der Waals surface area contributed by atoms with Crippen molar-refractivity contribution in [2.75, 3.05) is 11.9 Å². The maximum absolute atomic E-state index is 12.7. The molecule has 0 saturated carbocycles. The first kappa shape index (κ1) is 19.7. The molecule has 0 aliphatic heterocycles. The van der Waals surface area contributed by atoms with Crippen LogP contribution < -0.4 is 10.1 Å². The zero-order valence-corrected chi connectivity index (χ0v) is 17.4. The minimum atomic E-state index is -0.196. The number of fused-ring (bicyclic) bond motifs is 1. The number of aromatic nitrogens is 1. The third-order valence-electron chi connectivity index (χ3n) is 4.76. The number of nitrogens with one attached hydrogen (secondary N) is 1. The van der Waals surface area contributed by atoms with E-state index in [9.17, 15) is 4.79 Å². The molecule has 1 heterocycles. The van der Waals surface area contributed by atoms with Crippen molar-refractivity contribution < 1.29 is 13.9 Å². The van der Waals surface area contributed by atoms with Crippen LogP contribution >= 0.6 is 0 Å². The number of aryl methyl sites for hydroxylation is 2. The monoisotopic (exact) mass is 400 g/mol. The summed E-state index contributed by atoms with van der Waals surface area (Å²) >= 11 is 0. The Hall–Kier alpha value is -3.60. The maximum Gasteiger partial charge on any atom is 0.255 e. The van der Waals surface area contributed by atoms with Gasteiger partial charge in [-0.1, -0.05) is 25.1 Å². The van der Waals surface area contributed by atoms with Gasteiger partial charge in [-0.2, -0.15) is 0 Å². The smallest absolute Gasteiger partial charge is 0.255 e. The molecule has 0 unspecified atom stereocenters. The van der Waals surface area contributed by atoms with Gasteiger partial charge in [0.2, 0.25) is 5.89 Å². The molecule has 1 amide bonds. The Morgan fingerprint density at radius 3 is 2.73 bits per heavy atom. The van der Waals surface area contributed by atoms with Gasteiger partial charge in [-0.25, -0.2) is 4.98 Å². The molecule has 4 rings (SSSR count). The summed E-state index contributed by atoms with van der Waals surface area (Å²) in [4.78, 5) is 17.3. The lowest BCUT2D eigenvalue weighted by Gasteiger charge is -2.09. The fourth-order valence-corrected chi connectivity index (χ4v) is 3.38. The van der Waals surface area contributed by atoms with Crippen LogP contribution in [0.4, 0.5) is 5.69 Å². The third-order valence-corrected chi connectivity index (χ3v) is 4.76. The number of oxazole rings is 1. The number of anilines is 1. The molecule has 152 valence electrons. The van der Waals surface area contributed by atoms with Crippen molar-refractivity contribution in [1.29, 1.82) is 0 Å². The molecule has 0 radical (unpaired) electrons. The van der Waals surface area contributed by atoms with Crippen molar-refractivity contribution in [3.63, 3.8) is 0 Å². The van der Waals surface area contributed by atoms with Crippen LogP contribution in [0.2, 0.25) is 0 Å².